The Hall–Kier alpha value is -2.31. The smallest absolute Gasteiger partial charge is 0.394 e. The number of hydrogen-bond donors (Lipinski definition) is 2. The summed E-state index contributed by atoms with van der Waals surface area (Å²) in [6.07, 6.45) is -1.70. The van der Waals surface area contributed by atoms with Gasteiger partial charge in [0.05, 0.1) is 0 Å². The highest BCUT2D eigenvalue weighted by molar-refractivity contribution is 6.03. The number of aliphatic imine (C=N–C) groups is 1. The van der Waals surface area contributed by atoms with Crippen LogP contribution in [0.25, 0.3) is 0 Å². The summed E-state index contributed by atoms with van der Waals surface area (Å²) in [6.45, 7) is 1.79. The summed E-state index contributed by atoms with van der Waals surface area (Å²) in [5.74, 6) is -0.365. The van der Waals surface area contributed by atoms with Gasteiger partial charge in [0.1, 0.15) is 12.2 Å². The van der Waals surface area contributed by atoms with Crippen LogP contribution in [0.1, 0.15) is 38.2 Å². The molecule has 1 saturated carbocycles. The molecule has 0 heterocycles. The lowest BCUT2D eigenvalue weighted by Gasteiger charge is -2.20. The second-order valence-electron chi connectivity index (χ2n) is 5.96. The molecule has 7 heteroatoms. The van der Waals surface area contributed by atoms with Crippen LogP contribution in [-0.2, 0) is 11.2 Å². The van der Waals surface area contributed by atoms with E-state index in [4.69, 9.17) is 5.73 Å². The van der Waals surface area contributed by atoms with Crippen molar-refractivity contribution in [1.29, 1.82) is 0 Å². The van der Waals surface area contributed by atoms with E-state index in [0.717, 1.165) is 18.4 Å². The number of anilines is 1. The number of aryl methyl sites for hydroxylation is 1. The maximum Gasteiger partial charge on any atom is 0.431 e. The van der Waals surface area contributed by atoms with E-state index in [1.807, 2.05) is 25.1 Å². The molecule has 0 saturated heterocycles. The molecule has 25 heavy (non-hydrogen) atoms. The topological polar surface area (TPSA) is 67.5 Å². The normalized spacial score (nSPS) is 19.0. The molecule has 0 aliphatic heterocycles. The molecule has 1 fully saturated rings. The fraction of sp³-hybridized carbons (Fsp3) is 0.444. The fourth-order valence-corrected chi connectivity index (χ4v) is 2.76. The maximum atomic E-state index is 12.8. The molecule has 1 aromatic carbocycles. The third-order valence-electron chi connectivity index (χ3n) is 4.10. The molecule has 0 spiro atoms. The molecule has 3 N–H and O–H groups in total. The molecule has 0 atom stereocenters. The van der Waals surface area contributed by atoms with Gasteiger partial charge in [0.25, 0.3) is 0 Å². The molecule has 0 radical (unpaired) electrons. The summed E-state index contributed by atoms with van der Waals surface area (Å²) in [5.41, 5.74) is 6.21. The standard InChI is InChI=1S/C18H22F3N3O/c1-2-12-6-5-7-13(10-12)24-16(25)11-23-15-9-4-3-8-14(15)17(22)18(19,20)21/h5-7,10H,2-4,8-9,11,22H2,1H3,(H,24,25). The van der Waals surface area contributed by atoms with Gasteiger partial charge in [-0.15, -0.1) is 0 Å². The largest absolute Gasteiger partial charge is 0.431 e. The minimum atomic E-state index is -4.57. The number of benzene rings is 1. The second kappa shape index (κ2) is 8.18. The van der Waals surface area contributed by atoms with Crippen LogP contribution in [-0.4, -0.2) is 24.3 Å². The number of carbonyl (C=O) groups is 1. The molecule has 1 amide bonds. The van der Waals surface area contributed by atoms with Crippen LogP contribution in [0.3, 0.4) is 0 Å². The minimum absolute atomic E-state index is 0.0273. The lowest BCUT2D eigenvalue weighted by Crippen LogP contribution is -2.27. The van der Waals surface area contributed by atoms with E-state index >= 15 is 0 Å². The van der Waals surface area contributed by atoms with Crippen molar-refractivity contribution in [2.24, 2.45) is 10.7 Å². The minimum Gasteiger partial charge on any atom is -0.394 e. The van der Waals surface area contributed by atoms with E-state index < -0.39 is 11.9 Å². The Morgan fingerprint density at radius 2 is 2.00 bits per heavy atom. The number of nitrogens with two attached hydrogens (primary N) is 1. The van der Waals surface area contributed by atoms with Crippen molar-refractivity contribution in [3.05, 3.63) is 41.1 Å². The number of carbonyl (C=O) groups excluding carboxylic acids is 1. The van der Waals surface area contributed by atoms with E-state index in [0.29, 0.717) is 24.2 Å². The Labute approximate surface area is 145 Å². The summed E-state index contributed by atoms with van der Waals surface area (Å²) >= 11 is 0. The van der Waals surface area contributed by atoms with E-state index in [1.165, 1.54) is 0 Å². The summed E-state index contributed by atoms with van der Waals surface area (Å²) in [6, 6.07) is 7.41. The molecule has 0 aromatic heterocycles. The first-order valence-corrected chi connectivity index (χ1v) is 8.29. The summed E-state index contributed by atoms with van der Waals surface area (Å²) in [5, 5.41) is 2.71. The molecule has 4 nitrogen and oxygen atoms in total. The van der Waals surface area contributed by atoms with Crippen LogP contribution in [0, 0.1) is 0 Å². The molecule has 2 rings (SSSR count). The van der Waals surface area contributed by atoms with Crippen molar-refractivity contribution < 1.29 is 18.0 Å². The van der Waals surface area contributed by atoms with Crippen molar-refractivity contribution in [3.63, 3.8) is 0 Å². The highest BCUT2D eigenvalue weighted by Gasteiger charge is 2.35. The number of nitrogens with one attached hydrogen (secondary N) is 1. The number of amides is 1. The monoisotopic (exact) mass is 353 g/mol. The Balaban J connectivity index is 2.09. The molecule has 1 aromatic rings. The van der Waals surface area contributed by atoms with E-state index in [1.54, 1.807) is 6.07 Å². The third kappa shape index (κ3) is 5.34. The van der Waals surface area contributed by atoms with Crippen molar-refractivity contribution in [2.45, 2.75) is 45.2 Å². The van der Waals surface area contributed by atoms with Crippen molar-refractivity contribution in [1.82, 2.24) is 0 Å². The molecule has 1 aliphatic rings. The number of hydrogen-bond acceptors (Lipinski definition) is 3. The van der Waals surface area contributed by atoms with Gasteiger partial charge in [0.2, 0.25) is 5.91 Å². The number of nitrogens with zero attached hydrogens (tertiary/aromatic N) is 1. The quantitative estimate of drug-likeness (QED) is 0.860. The van der Waals surface area contributed by atoms with Crippen molar-refractivity contribution in [3.8, 4) is 0 Å². The highest BCUT2D eigenvalue weighted by atomic mass is 19.4. The average Bonchev–Trinajstić information content (AvgIpc) is 2.59. The van der Waals surface area contributed by atoms with Gasteiger partial charge in [-0.2, -0.15) is 13.2 Å². The zero-order valence-electron chi connectivity index (χ0n) is 14.1. The van der Waals surface area contributed by atoms with E-state index in [9.17, 15) is 18.0 Å². The Bertz CT molecular complexity index is 693. The molecule has 136 valence electrons. The fourth-order valence-electron chi connectivity index (χ4n) is 2.76. The molecular weight excluding hydrogens is 331 g/mol. The van der Waals surface area contributed by atoms with Crippen molar-refractivity contribution >= 4 is 17.3 Å². The van der Waals surface area contributed by atoms with E-state index in [2.05, 4.69) is 10.3 Å². The molecular formula is C18H22F3N3O. The van der Waals surface area contributed by atoms with Crippen molar-refractivity contribution in [2.75, 3.05) is 11.9 Å². The van der Waals surface area contributed by atoms with Crippen LogP contribution in [0.4, 0.5) is 18.9 Å². The van der Waals surface area contributed by atoms with Crippen LogP contribution >= 0.6 is 0 Å². The van der Waals surface area contributed by atoms with Gasteiger partial charge in [-0.1, -0.05) is 19.1 Å². The summed E-state index contributed by atoms with van der Waals surface area (Å²) in [4.78, 5) is 16.1. The highest BCUT2D eigenvalue weighted by Crippen LogP contribution is 2.30. The summed E-state index contributed by atoms with van der Waals surface area (Å²) < 4.78 is 38.5. The maximum absolute atomic E-state index is 12.8. The third-order valence-corrected chi connectivity index (χ3v) is 4.10. The van der Waals surface area contributed by atoms with Crippen LogP contribution in [0.15, 0.2) is 40.5 Å². The van der Waals surface area contributed by atoms with Gasteiger partial charge in [-0.3, -0.25) is 9.79 Å². The first kappa shape index (κ1) is 19.0. The lowest BCUT2D eigenvalue weighted by atomic mass is 9.91. The van der Waals surface area contributed by atoms with Gasteiger partial charge in [0.15, 0.2) is 0 Å². The summed E-state index contributed by atoms with van der Waals surface area (Å²) in [7, 11) is 0. The van der Waals surface area contributed by atoms with Gasteiger partial charge in [0, 0.05) is 17.0 Å². The number of rotatable bonds is 4. The first-order valence-electron chi connectivity index (χ1n) is 8.29. The SMILES string of the molecule is CCc1cccc(NC(=O)CN=C2CCCCC2=C(N)C(F)(F)F)c1. The molecule has 0 unspecified atom stereocenters. The zero-order valence-corrected chi connectivity index (χ0v) is 14.1. The van der Waals surface area contributed by atoms with Crippen LogP contribution in [0.2, 0.25) is 0 Å². The molecule has 0 bridgehead atoms. The van der Waals surface area contributed by atoms with Gasteiger partial charge in [-0.05, 0) is 49.8 Å². The zero-order chi connectivity index (χ0) is 18.4. The predicted molar refractivity (Wildman–Crippen MR) is 92.5 cm³/mol. The second-order valence-corrected chi connectivity index (χ2v) is 5.96. The van der Waals surface area contributed by atoms with Gasteiger partial charge in [-0.25, -0.2) is 0 Å². The number of alkyl halides is 3. The molecule has 1 aliphatic carbocycles. The van der Waals surface area contributed by atoms with Crippen LogP contribution < -0.4 is 11.1 Å². The van der Waals surface area contributed by atoms with Gasteiger partial charge >= 0.3 is 6.18 Å². The lowest BCUT2D eigenvalue weighted by molar-refractivity contribution is -0.114. The van der Waals surface area contributed by atoms with Crippen LogP contribution in [0.5, 0.6) is 0 Å². The number of halogens is 3. The Morgan fingerprint density at radius 3 is 2.68 bits per heavy atom. The average molecular weight is 353 g/mol. The Kier molecular flexibility index (Phi) is 6.22. The first-order chi connectivity index (χ1) is 11.8. The van der Waals surface area contributed by atoms with Gasteiger partial charge < -0.3 is 11.1 Å². The number of allylic oxidation sites excluding steroid dienone is 2. The Morgan fingerprint density at radius 1 is 1.28 bits per heavy atom. The predicted octanol–water partition coefficient (Wildman–Crippen LogP) is 3.98. The van der Waals surface area contributed by atoms with E-state index in [-0.39, 0.29) is 24.4 Å².